The topological polar surface area (TPSA) is 18.5 Å². The van der Waals surface area contributed by atoms with Crippen LogP contribution in [-0.2, 0) is 6.42 Å². The number of aryl methyl sites for hydroxylation is 1. The van der Waals surface area contributed by atoms with Gasteiger partial charge in [-0.15, -0.1) is 0 Å². The van der Waals surface area contributed by atoms with E-state index in [0.717, 1.165) is 17.9 Å². The average Bonchev–Trinajstić information content (AvgIpc) is 2.59. The summed E-state index contributed by atoms with van der Waals surface area (Å²) in [5.41, 5.74) is 2.79. The standard InChI is InChI=1S/C20H26O2/c1-4-17(18-10-14-20(22-3)15-11-18)7-5-6-16-8-12-19(21-2)13-9-16/h8-15,17H,4-7H2,1-3H3. The molecule has 0 saturated carbocycles. The minimum absolute atomic E-state index is 0.629. The summed E-state index contributed by atoms with van der Waals surface area (Å²) >= 11 is 0. The molecule has 0 aliphatic carbocycles. The molecule has 2 rings (SSSR count). The van der Waals surface area contributed by atoms with Gasteiger partial charge in [-0.1, -0.05) is 31.2 Å². The highest BCUT2D eigenvalue weighted by molar-refractivity contribution is 5.30. The predicted octanol–water partition coefficient (Wildman–Crippen LogP) is 5.22. The molecule has 2 nitrogen and oxygen atoms in total. The third kappa shape index (κ3) is 4.52. The molecule has 2 aromatic rings. The number of hydrogen-bond acceptors (Lipinski definition) is 2. The molecular weight excluding hydrogens is 272 g/mol. The van der Waals surface area contributed by atoms with Gasteiger partial charge in [0.05, 0.1) is 14.2 Å². The number of benzene rings is 2. The zero-order valence-electron chi connectivity index (χ0n) is 13.8. The van der Waals surface area contributed by atoms with Crippen LogP contribution >= 0.6 is 0 Å². The molecule has 2 aromatic carbocycles. The van der Waals surface area contributed by atoms with E-state index in [1.165, 1.54) is 30.4 Å². The van der Waals surface area contributed by atoms with Crippen molar-refractivity contribution in [3.63, 3.8) is 0 Å². The Hall–Kier alpha value is -1.96. The summed E-state index contributed by atoms with van der Waals surface area (Å²) in [4.78, 5) is 0. The molecule has 0 aliphatic rings. The summed E-state index contributed by atoms with van der Waals surface area (Å²) in [5.74, 6) is 2.48. The fraction of sp³-hybridized carbons (Fsp3) is 0.400. The largest absolute Gasteiger partial charge is 0.497 e. The first-order valence-corrected chi connectivity index (χ1v) is 8.03. The van der Waals surface area contributed by atoms with Crippen LogP contribution in [0.4, 0.5) is 0 Å². The Morgan fingerprint density at radius 1 is 0.818 bits per heavy atom. The lowest BCUT2D eigenvalue weighted by molar-refractivity contribution is 0.414. The summed E-state index contributed by atoms with van der Waals surface area (Å²) in [5, 5.41) is 0. The SMILES string of the molecule is CCC(CCCc1ccc(OC)cc1)c1ccc(OC)cc1. The third-order valence-electron chi connectivity index (χ3n) is 4.26. The fourth-order valence-electron chi connectivity index (χ4n) is 2.83. The van der Waals surface area contributed by atoms with E-state index >= 15 is 0 Å². The second-order valence-corrected chi connectivity index (χ2v) is 5.62. The van der Waals surface area contributed by atoms with Crippen LogP contribution in [0.15, 0.2) is 48.5 Å². The van der Waals surface area contributed by atoms with Crippen LogP contribution in [0, 0.1) is 0 Å². The number of methoxy groups -OCH3 is 2. The van der Waals surface area contributed by atoms with Crippen LogP contribution in [0.1, 0.15) is 43.2 Å². The first-order chi connectivity index (χ1) is 10.8. The second-order valence-electron chi connectivity index (χ2n) is 5.62. The van der Waals surface area contributed by atoms with Gasteiger partial charge in [-0.2, -0.15) is 0 Å². The first kappa shape index (κ1) is 16.4. The van der Waals surface area contributed by atoms with E-state index in [4.69, 9.17) is 9.47 Å². The molecule has 0 N–H and O–H groups in total. The molecule has 1 unspecified atom stereocenters. The molecule has 22 heavy (non-hydrogen) atoms. The first-order valence-electron chi connectivity index (χ1n) is 8.03. The maximum absolute atomic E-state index is 5.23. The van der Waals surface area contributed by atoms with Crippen molar-refractivity contribution >= 4 is 0 Å². The summed E-state index contributed by atoms with van der Waals surface area (Å²) < 4.78 is 10.4. The summed E-state index contributed by atoms with van der Waals surface area (Å²) in [6, 6.07) is 16.9. The van der Waals surface area contributed by atoms with Crippen molar-refractivity contribution in [1.29, 1.82) is 0 Å². The van der Waals surface area contributed by atoms with Crippen molar-refractivity contribution < 1.29 is 9.47 Å². The van der Waals surface area contributed by atoms with Gasteiger partial charge < -0.3 is 9.47 Å². The molecule has 0 radical (unpaired) electrons. The second kappa shape index (κ2) is 8.47. The molecule has 0 aromatic heterocycles. The van der Waals surface area contributed by atoms with Gasteiger partial charge >= 0.3 is 0 Å². The maximum atomic E-state index is 5.23. The van der Waals surface area contributed by atoms with Crippen LogP contribution in [0.5, 0.6) is 11.5 Å². The minimum Gasteiger partial charge on any atom is -0.497 e. The van der Waals surface area contributed by atoms with E-state index in [-0.39, 0.29) is 0 Å². The fourth-order valence-corrected chi connectivity index (χ4v) is 2.83. The van der Waals surface area contributed by atoms with Crippen molar-refractivity contribution in [2.24, 2.45) is 0 Å². The lowest BCUT2D eigenvalue weighted by Gasteiger charge is -2.16. The molecule has 2 heteroatoms. The van der Waals surface area contributed by atoms with Crippen molar-refractivity contribution in [1.82, 2.24) is 0 Å². The van der Waals surface area contributed by atoms with Crippen molar-refractivity contribution in [3.05, 3.63) is 59.7 Å². The summed E-state index contributed by atoms with van der Waals surface area (Å²) in [6.07, 6.45) is 4.72. The Morgan fingerprint density at radius 2 is 1.36 bits per heavy atom. The molecule has 0 fully saturated rings. The van der Waals surface area contributed by atoms with Gasteiger partial charge in [-0.05, 0) is 67.0 Å². The molecule has 0 heterocycles. The van der Waals surface area contributed by atoms with Crippen molar-refractivity contribution in [2.75, 3.05) is 14.2 Å². The van der Waals surface area contributed by atoms with E-state index < -0.39 is 0 Å². The average molecular weight is 298 g/mol. The molecular formula is C20H26O2. The van der Waals surface area contributed by atoms with Gasteiger partial charge in [-0.3, -0.25) is 0 Å². The highest BCUT2D eigenvalue weighted by Crippen LogP contribution is 2.27. The minimum atomic E-state index is 0.629. The van der Waals surface area contributed by atoms with Crippen LogP contribution in [0.25, 0.3) is 0 Å². The molecule has 118 valence electrons. The summed E-state index contributed by atoms with van der Waals surface area (Å²) in [7, 11) is 3.41. The van der Waals surface area contributed by atoms with E-state index in [2.05, 4.69) is 43.3 Å². The van der Waals surface area contributed by atoms with Crippen LogP contribution in [0.3, 0.4) is 0 Å². The zero-order chi connectivity index (χ0) is 15.8. The van der Waals surface area contributed by atoms with Crippen LogP contribution in [-0.4, -0.2) is 14.2 Å². The van der Waals surface area contributed by atoms with Gasteiger partial charge in [0.15, 0.2) is 0 Å². The molecule has 0 amide bonds. The number of rotatable bonds is 8. The van der Waals surface area contributed by atoms with E-state index in [1.54, 1.807) is 14.2 Å². The van der Waals surface area contributed by atoms with Crippen LogP contribution < -0.4 is 9.47 Å². The predicted molar refractivity (Wildman–Crippen MR) is 92.0 cm³/mol. The monoisotopic (exact) mass is 298 g/mol. The Bertz CT molecular complexity index is 543. The Morgan fingerprint density at radius 3 is 1.86 bits per heavy atom. The number of hydrogen-bond donors (Lipinski definition) is 0. The Labute approximate surface area is 134 Å². The van der Waals surface area contributed by atoms with Crippen molar-refractivity contribution in [3.8, 4) is 11.5 Å². The third-order valence-corrected chi connectivity index (χ3v) is 4.26. The van der Waals surface area contributed by atoms with Gasteiger partial charge in [0.25, 0.3) is 0 Å². The van der Waals surface area contributed by atoms with Gasteiger partial charge in [-0.25, -0.2) is 0 Å². The van der Waals surface area contributed by atoms with Crippen LogP contribution in [0.2, 0.25) is 0 Å². The molecule has 0 bridgehead atoms. The Balaban J connectivity index is 1.87. The molecule has 1 atom stereocenters. The van der Waals surface area contributed by atoms with Gasteiger partial charge in [0.2, 0.25) is 0 Å². The quantitative estimate of drug-likeness (QED) is 0.665. The number of ether oxygens (including phenoxy) is 2. The molecule has 0 saturated heterocycles. The maximum Gasteiger partial charge on any atom is 0.118 e. The zero-order valence-corrected chi connectivity index (χ0v) is 13.8. The lowest BCUT2D eigenvalue weighted by Crippen LogP contribution is -1.99. The lowest BCUT2D eigenvalue weighted by atomic mass is 9.90. The van der Waals surface area contributed by atoms with E-state index in [0.29, 0.717) is 5.92 Å². The highest BCUT2D eigenvalue weighted by atomic mass is 16.5. The normalized spacial score (nSPS) is 12.0. The Kier molecular flexibility index (Phi) is 6.32. The smallest absolute Gasteiger partial charge is 0.118 e. The molecule has 0 spiro atoms. The van der Waals surface area contributed by atoms with Crippen molar-refractivity contribution in [2.45, 2.75) is 38.5 Å². The van der Waals surface area contributed by atoms with Gasteiger partial charge in [0.1, 0.15) is 11.5 Å². The van der Waals surface area contributed by atoms with Gasteiger partial charge in [0, 0.05) is 0 Å². The highest BCUT2D eigenvalue weighted by Gasteiger charge is 2.09. The summed E-state index contributed by atoms with van der Waals surface area (Å²) in [6.45, 7) is 2.27. The van der Waals surface area contributed by atoms with E-state index in [1.807, 2.05) is 12.1 Å². The molecule has 0 aliphatic heterocycles. The van der Waals surface area contributed by atoms with E-state index in [9.17, 15) is 0 Å².